The van der Waals surface area contributed by atoms with Crippen molar-refractivity contribution in [3.05, 3.63) is 31.5 Å². The molecule has 2 heterocycles. The highest BCUT2D eigenvalue weighted by Crippen LogP contribution is 2.32. The van der Waals surface area contributed by atoms with Crippen molar-refractivity contribution in [2.75, 3.05) is 13.2 Å². The molecule has 0 radical (unpaired) electrons. The van der Waals surface area contributed by atoms with Crippen LogP contribution in [0.4, 0.5) is 0 Å². The molecule has 100 valence electrons. The molecule has 0 spiro atoms. The molecule has 0 saturated carbocycles. The summed E-state index contributed by atoms with van der Waals surface area (Å²) in [5.41, 5.74) is -1.89. The second-order valence-corrected chi connectivity index (χ2v) is 4.90. The highest BCUT2D eigenvalue weighted by atomic mass is 16.5. The molecule has 0 aliphatic carbocycles. The average molecular weight is 255 g/mol. The molecule has 0 N–H and O–H groups in total. The normalized spacial score (nSPS) is 17.5. The van der Waals surface area contributed by atoms with Crippen LogP contribution in [-0.4, -0.2) is 26.9 Å². The third kappa shape index (κ3) is 1.74. The Bertz CT molecular complexity index is 587. The SMILES string of the molecule is CCC1(Cn2c(=O)n(C)c(=O)n(C)c2=O)COC1. The molecular weight excluding hydrogens is 238 g/mol. The monoisotopic (exact) mass is 255 g/mol. The Balaban J connectivity index is 2.56. The van der Waals surface area contributed by atoms with Gasteiger partial charge in [0.2, 0.25) is 0 Å². The summed E-state index contributed by atoms with van der Waals surface area (Å²) in [5, 5.41) is 0. The van der Waals surface area contributed by atoms with Gasteiger partial charge in [-0.15, -0.1) is 0 Å². The van der Waals surface area contributed by atoms with Crippen molar-refractivity contribution in [2.45, 2.75) is 19.9 Å². The molecule has 0 atom stereocenters. The van der Waals surface area contributed by atoms with Crippen molar-refractivity contribution in [3.8, 4) is 0 Å². The number of nitrogens with zero attached hydrogens (tertiary/aromatic N) is 3. The van der Waals surface area contributed by atoms with E-state index in [2.05, 4.69) is 0 Å². The van der Waals surface area contributed by atoms with Crippen molar-refractivity contribution in [1.82, 2.24) is 13.7 Å². The molecular formula is C11H17N3O4. The van der Waals surface area contributed by atoms with Crippen LogP contribution in [0.15, 0.2) is 14.4 Å². The first-order valence-corrected chi connectivity index (χ1v) is 5.86. The van der Waals surface area contributed by atoms with E-state index in [4.69, 9.17) is 4.74 Å². The fourth-order valence-electron chi connectivity index (χ4n) is 2.10. The Morgan fingerprint density at radius 1 is 1.06 bits per heavy atom. The summed E-state index contributed by atoms with van der Waals surface area (Å²) >= 11 is 0. The molecule has 2 rings (SSSR count). The van der Waals surface area contributed by atoms with E-state index in [-0.39, 0.29) is 5.41 Å². The summed E-state index contributed by atoms with van der Waals surface area (Å²) in [4.78, 5) is 35.5. The molecule has 1 saturated heterocycles. The van der Waals surface area contributed by atoms with Gasteiger partial charge in [0.15, 0.2) is 0 Å². The lowest BCUT2D eigenvalue weighted by molar-refractivity contribution is -0.125. The third-order valence-electron chi connectivity index (χ3n) is 3.67. The molecule has 1 aliphatic heterocycles. The lowest BCUT2D eigenvalue weighted by Gasteiger charge is -2.40. The van der Waals surface area contributed by atoms with Gasteiger partial charge in [-0.1, -0.05) is 6.92 Å². The molecule has 0 amide bonds. The summed E-state index contributed by atoms with van der Waals surface area (Å²) in [6.45, 7) is 3.38. The highest BCUT2D eigenvalue weighted by Gasteiger charge is 2.38. The first-order valence-electron chi connectivity index (χ1n) is 5.86. The molecule has 1 fully saturated rings. The molecule has 1 aromatic rings. The van der Waals surface area contributed by atoms with E-state index in [1.54, 1.807) is 0 Å². The van der Waals surface area contributed by atoms with E-state index in [1.165, 1.54) is 14.1 Å². The van der Waals surface area contributed by atoms with Crippen LogP contribution in [0.3, 0.4) is 0 Å². The standard InChI is InChI=1S/C11H17N3O4/c1-4-11(6-18-7-11)5-14-9(16)12(2)8(15)13(3)10(14)17/h4-7H2,1-3H3. The highest BCUT2D eigenvalue weighted by molar-refractivity contribution is 4.87. The van der Waals surface area contributed by atoms with Gasteiger partial charge in [0, 0.05) is 26.1 Å². The maximum atomic E-state index is 12.0. The summed E-state index contributed by atoms with van der Waals surface area (Å²) in [7, 11) is 2.74. The predicted molar refractivity (Wildman–Crippen MR) is 64.7 cm³/mol. The molecule has 0 unspecified atom stereocenters. The Hall–Kier alpha value is -1.63. The van der Waals surface area contributed by atoms with Crippen LogP contribution in [-0.2, 0) is 25.4 Å². The van der Waals surface area contributed by atoms with Gasteiger partial charge in [0.1, 0.15) is 0 Å². The van der Waals surface area contributed by atoms with E-state index >= 15 is 0 Å². The molecule has 0 bridgehead atoms. The number of ether oxygens (including phenoxy) is 1. The molecule has 7 heteroatoms. The van der Waals surface area contributed by atoms with Gasteiger partial charge in [0.05, 0.1) is 13.2 Å². The summed E-state index contributed by atoms with van der Waals surface area (Å²) in [6, 6.07) is 0. The van der Waals surface area contributed by atoms with Crippen LogP contribution < -0.4 is 17.1 Å². The number of aromatic nitrogens is 3. The van der Waals surface area contributed by atoms with Crippen LogP contribution in [0.25, 0.3) is 0 Å². The van der Waals surface area contributed by atoms with Crippen molar-refractivity contribution in [1.29, 1.82) is 0 Å². The fraction of sp³-hybridized carbons (Fsp3) is 0.727. The maximum absolute atomic E-state index is 12.0. The minimum atomic E-state index is -0.600. The molecule has 18 heavy (non-hydrogen) atoms. The topological polar surface area (TPSA) is 75.2 Å². The van der Waals surface area contributed by atoms with E-state index in [9.17, 15) is 14.4 Å². The summed E-state index contributed by atoms with van der Waals surface area (Å²) < 4.78 is 8.19. The largest absolute Gasteiger partial charge is 0.380 e. The van der Waals surface area contributed by atoms with Crippen molar-refractivity contribution < 1.29 is 4.74 Å². The average Bonchev–Trinajstić information content (AvgIpc) is 2.32. The predicted octanol–water partition coefficient (Wildman–Crippen LogP) is -1.33. The zero-order valence-electron chi connectivity index (χ0n) is 10.8. The van der Waals surface area contributed by atoms with Crippen molar-refractivity contribution >= 4 is 0 Å². The van der Waals surface area contributed by atoms with E-state index in [1.807, 2.05) is 6.92 Å². The summed E-state index contributed by atoms with van der Waals surface area (Å²) in [5.74, 6) is 0. The zero-order chi connectivity index (χ0) is 13.5. The van der Waals surface area contributed by atoms with Crippen LogP contribution in [0.2, 0.25) is 0 Å². The molecule has 1 aromatic heterocycles. The lowest BCUT2D eigenvalue weighted by Crippen LogP contribution is -2.57. The smallest absolute Gasteiger partial charge is 0.336 e. The third-order valence-corrected chi connectivity index (χ3v) is 3.67. The number of hydrogen-bond acceptors (Lipinski definition) is 4. The second kappa shape index (κ2) is 4.24. The number of hydrogen-bond donors (Lipinski definition) is 0. The van der Waals surface area contributed by atoms with Crippen LogP contribution in [0.1, 0.15) is 13.3 Å². The van der Waals surface area contributed by atoms with E-state index < -0.39 is 17.1 Å². The van der Waals surface area contributed by atoms with Crippen LogP contribution in [0, 0.1) is 5.41 Å². The maximum Gasteiger partial charge on any atom is 0.336 e. The van der Waals surface area contributed by atoms with Gasteiger partial charge >= 0.3 is 17.1 Å². The van der Waals surface area contributed by atoms with E-state index in [0.29, 0.717) is 19.8 Å². The summed E-state index contributed by atoms with van der Waals surface area (Å²) in [6.07, 6.45) is 0.825. The van der Waals surface area contributed by atoms with Crippen LogP contribution in [0.5, 0.6) is 0 Å². The van der Waals surface area contributed by atoms with Gasteiger partial charge in [-0.3, -0.25) is 0 Å². The fourth-order valence-corrected chi connectivity index (χ4v) is 2.10. The van der Waals surface area contributed by atoms with Crippen molar-refractivity contribution in [2.24, 2.45) is 19.5 Å². The Labute approximate surface area is 103 Å². The molecule has 0 aromatic carbocycles. The van der Waals surface area contributed by atoms with Gasteiger partial charge < -0.3 is 4.74 Å². The minimum Gasteiger partial charge on any atom is -0.380 e. The Morgan fingerprint density at radius 3 is 1.89 bits per heavy atom. The van der Waals surface area contributed by atoms with Gasteiger partial charge in [-0.2, -0.15) is 0 Å². The quantitative estimate of drug-likeness (QED) is 0.671. The Kier molecular flexibility index (Phi) is 3.02. The first kappa shape index (κ1) is 12.8. The molecule has 1 aliphatic rings. The van der Waals surface area contributed by atoms with Gasteiger partial charge in [-0.25, -0.2) is 28.1 Å². The van der Waals surface area contributed by atoms with Crippen LogP contribution >= 0.6 is 0 Å². The minimum absolute atomic E-state index is 0.159. The second-order valence-electron chi connectivity index (χ2n) is 4.90. The Morgan fingerprint density at radius 2 is 1.56 bits per heavy atom. The van der Waals surface area contributed by atoms with Gasteiger partial charge in [0.25, 0.3) is 0 Å². The van der Waals surface area contributed by atoms with Crippen molar-refractivity contribution in [3.63, 3.8) is 0 Å². The lowest BCUT2D eigenvalue weighted by atomic mass is 9.83. The zero-order valence-corrected chi connectivity index (χ0v) is 10.8. The number of rotatable bonds is 3. The first-order chi connectivity index (χ1) is 8.42. The van der Waals surface area contributed by atoms with E-state index in [0.717, 1.165) is 20.1 Å². The molecule has 7 nitrogen and oxygen atoms in total. The van der Waals surface area contributed by atoms with Gasteiger partial charge in [-0.05, 0) is 6.42 Å².